The molecule has 0 aromatic rings. The van der Waals surface area contributed by atoms with Crippen LogP contribution in [0.2, 0.25) is 0 Å². The predicted octanol–water partition coefficient (Wildman–Crippen LogP) is 1.92. The minimum absolute atomic E-state index is 0.128. The van der Waals surface area contributed by atoms with Crippen molar-refractivity contribution in [2.24, 2.45) is 5.92 Å². The number of carbonyl (C=O) groups is 1. The molecule has 0 spiro atoms. The molecular formula is C16H30N2O2. The van der Waals surface area contributed by atoms with Crippen LogP contribution in [-0.4, -0.2) is 47.7 Å². The molecule has 2 fully saturated rings. The molecule has 2 atom stereocenters. The van der Waals surface area contributed by atoms with Gasteiger partial charge in [0, 0.05) is 12.6 Å². The van der Waals surface area contributed by atoms with Gasteiger partial charge in [0.05, 0.1) is 12.6 Å². The molecule has 1 heterocycles. The Morgan fingerprint density at radius 2 is 1.90 bits per heavy atom. The molecule has 2 rings (SSSR count). The molecule has 0 radical (unpaired) electrons. The fourth-order valence-electron chi connectivity index (χ4n) is 3.65. The number of carbonyl (C=O) groups excluding carboxylic acids is 1. The van der Waals surface area contributed by atoms with E-state index in [-0.39, 0.29) is 18.1 Å². The third-order valence-corrected chi connectivity index (χ3v) is 4.88. The molecule has 116 valence electrons. The number of hydrogen-bond donors (Lipinski definition) is 2. The molecule has 20 heavy (non-hydrogen) atoms. The van der Waals surface area contributed by atoms with E-state index in [4.69, 9.17) is 0 Å². The van der Waals surface area contributed by atoms with Crippen molar-refractivity contribution in [2.45, 2.75) is 70.4 Å². The first-order valence-electron chi connectivity index (χ1n) is 8.35. The number of aliphatic hydroxyl groups excluding tert-OH is 1. The number of nitrogens with zero attached hydrogens (tertiary/aromatic N) is 1. The normalized spacial score (nSPS) is 27.2. The van der Waals surface area contributed by atoms with Crippen molar-refractivity contribution in [2.75, 3.05) is 19.6 Å². The SMILES string of the molecule is CC(O)C1CCCCN1CC(=O)NCC1CCCCC1. The van der Waals surface area contributed by atoms with Gasteiger partial charge >= 0.3 is 0 Å². The molecule has 0 bridgehead atoms. The van der Waals surface area contributed by atoms with Gasteiger partial charge in [-0.1, -0.05) is 25.7 Å². The van der Waals surface area contributed by atoms with E-state index in [1.165, 1.54) is 32.1 Å². The number of rotatable bonds is 5. The second-order valence-corrected chi connectivity index (χ2v) is 6.58. The molecule has 2 unspecified atom stereocenters. The van der Waals surface area contributed by atoms with E-state index in [1.807, 2.05) is 6.92 Å². The average molecular weight is 282 g/mol. The lowest BCUT2D eigenvalue weighted by molar-refractivity contribution is -0.124. The molecule has 1 saturated heterocycles. The van der Waals surface area contributed by atoms with Crippen LogP contribution in [0.25, 0.3) is 0 Å². The zero-order chi connectivity index (χ0) is 14.4. The fraction of sp³-hybridized carbons (Fsp3) is 0.938. The molecule has 2 N–H and O–H groups in total. The summed E-state index contributed by atoms with van der Waals surface area (Å²) in [6.07, 6.45) is 9.48. The van der Waals surface area contributed by atoms with Gasteiger partial charge in [-0.25, -0.2) is 0 Å². The highest BCUT2D eigenvalue weighted by atomic mass is 16.3. The van der Waals surface area contributed by atoms with Crippen LogP contribution in [0, 0.1) is 5.92 Å². The molecule has 1 aliphatic carbocycles. The summed E-state index contributed by atoms with van der Waals surface area (Å²) in [5.74, 6) is 0.810. The first-order valence-corrected chi connectivity index (χ1v) is 8.35. The van der Waals surface area contributed by atoms with Gasteiger partial charge in [0.25, 0.3) is 0 Å². The highest BCUT2D eigenvalue weighted by Gasteiger charge is 2.27. The fourth-order valence-corrected chi connectivity index (χ4v) is 3.65. The van der Waals surface area contributed by atoms with Crippen LogP contribution in [0.15, 0.2) is 0 Å². The summed E-state index contributed by atoms with van der Waals surface area (Å²) in [7, 11) is 0. The maximum Gasteiger partial charge on any atom is 0.234 e. The number of amides is 1. The number of aliphatic hydroxyl groups is 1. The Balaban J connectivity index is 1.72. The van der Waals surface area contributed by atoms with Gasteiger partial charge in [-0.05, 0) is 45.1 Å². The maximum absolute atomic E-state index is 12.1. The molecular weight excluding hydrogens is 252 g/mol. The van der Waals surface area contributed by atoms with Crippen LogP contribution in [0.3, 0.4) is 0 Å². The number of piperidine rings is 1. The molecule has 0 aromatic heterocycles. The molecule has 1 saturated carbocycles. The minimum atomic E-state index is -0.346. The predicted molar refractivity (Wildman–Crippen MR) is 80.5 cm³/mol. The third-order valence-electron chi connectivity index (χ3n) is 4.88. The lowest BCUT2D eigenvalue weighted by Gasteiger charge is -2.37. The third kappa shape index (κ3) is 4.74. The quantitative estimate of drug-likeness (QED) is 0.810. The highest BCUT2D eigenvalue weighted by Crippen LogP contribution is 2.23. The van der Waals surface area contributed by atoms with Crippen LogP contribution in [0.1, 0.15) is 58.3 Å². The zero-order valence-electron chi connectivity index (χ0n) is 12.8. The first kappa shape index (κ1) is 15.8. The van der Waals surface area contributed by atoms with Gasteiger partial charge in [0.1, 0.15) is 0 Å². The van der Waals surface area contributed by atoms with E-state index >= 15 is 0 Å². The van der Waals surface area contributed by atoms with Crippen molar-refractivity contribution in [1.29, 1.82) is 0 Å². The summed E-state index contributed by atoms with van der Waals surface area (Å²) in [5.41, 5.74) is 0. The van der Waals surface area contributed by atoms with E-state index < -0.39 is 0 Å². The summed E-state index contributed by atoms with van der Waals surface area (Å²) in [5, 5.41) is 12.9. The molecule has 1 aliphatic heterocycles. The Kier molecular flexibility index (Phi) is 6.30. The van der Waals surface area contributed by atoms with Crippen LogP contribution in [0.5, 0.6) is 0 Å². The van der Waals surface area contributed by atoms with Gasteiger partial charge in [-0.3, -0.25) is 9.69 Å². The highest BCUT2D eigenvalue weighted by molar-refractivity contribution is 5.78. The lowest BCUT2D eigenvalue weighted by atomic mass is 9.89. The summed E-state index contributed by atoms with van der Waals surface area (Å²) >= 11 is 0. The monoisotopic (exact) mass is 282 g/mol. The van der Waals surface area contributed by atoms with Gasteiger partial charge in [-0.15, -0.1) is 0 Å². The van der Waals surface area contributed by atoms with Gasteiger partial charge in [0.2, 0.25) is 5.91 Å². The number of likely N-dealkylation sites (tertiary alicyclic amines) is 1. The Labute approximate surface area is 122 Å². The maximum atomic E-state index is 12.1. The Morgan fingerprint density at radius 3 is 2.60 bits per heavy atom. The molecule has 4 heteroatoms. The minimum Gasteiger partial charge on any atom is -0.392 e. The summed E-state index contributed by atoms with van der Waals surface area (Å²) in [6, 6.07) is 0.157. The molecule has 1 amide bonds. The van der Waals surface area contributed by atoms with Gasteiger partial charge in [-0.2, -0.15) is 0 Å². The van der Waals surface area contributed by atoms with Gasteiger partial charge < -0.3 is 10.4 Å². The average Bonchev–Trinajstić information content (AvgIpc) is 2.46. The smallest absolute Gasteiger partial charge is 0.234 e. The molecule has 4 nitrogen and oxygen atoms in total. The Hall–Kier alpha value is -0.610. The van der Waals surface area contributed by atoms with Crippen molar-refractivity contribution in [1.82, 2.24) is 10.2 Å². The van der Waals surface area contributed by atoms with Crippen molar-refractivity contribution < 1.29 is 9.90 Å². The number of hydrogen-bond acceptors (Lipinski definition) is 3. The molecule has 0 aromatic carbocycles. The van der Waals surface area contributed by atoms with Crippen LogP contribution >= 0.6 is 0 Å². The van der Waals surface area contributed by atoms with E-state index in [1.54, 1.807) is 0 Å². The summed E-state index contributed by atoms with van der Waals surface area (Å²) in [4.78, 5) is 14.2. The second kappa shape index (κ2) is 7.99. The Bertz CT molecular complexity index is 301. The van der Waals surface area contributed by atoms with Crippen molar-refractivity contribution >= 4 is 5.91 Å². The standard InChI is InChI=1S/C16H30N2O2/c1-13(19)15-9-5-6-10-18(15)12-16(20)17-11-14-7-3-2-4-8-14/h13-15,19H,2-12H2,1H3,(H,17,20). The largest absolute Gasteiger partial charge is 0.392 e. The van der Waals surface area contributed by atoms with Crippen LogP contribution < -0.4 is 5.32 Å². The van der Waals surface area contributed by atoms with E-state index in [2.05, 4.69) is 10.2 Å². The second-order valence-electron chi connectivity index (χ2n) is 6.58. The van der Waals surface area contributed by atoms with Crippen LogP contribution in [0.4, 0.5) is 0 Å². The van der Waals surface area contributed by atoms with Crippen molar-refractivity contribution in [3.8, 4) is 0 Å². The van der Waals surface area contributed by atoms with Crippen molar-refractivity contribution in [3.63, 3.8) is 0 Å². The summed E-state index contributed by atoms with van der Waals surface area (Å²) < 4.78 is 0. The van der Waals surface area contributed by atoms with E-state index in [0.29, 0.717) is 12.5 Å². The first-order chi connectivity index (χ1) is 9.66. The Morgan fingerprint density at radius 1 is 1.20 bits per heavy atom. The van der Waals surface area contributed by atoms with E-state index in [9.17, 15) is 9.90 Å². The van der Waals surface area contributed by atoms with Crippen molar-refractivity contribution in [3.05, 3.63) is 0 Å². The lowest BCUT2D eigenvalue weighted by Crippen LogP contribution is -2.50. The van der Waals surface area contributed by atoms with Gasteiger partial charge in [0.15, 0.2) is 0 Å². The van der Waals surface area contributed by atoms with Crippen LogP contribution in [-0.2, 0) is 4.79 Å². The van der Waals surface area contributed by atoms with E-state index in [0.717, 1.165) is 32.4 Å². The molecule has 2 aliphatic rings. The topological polar surface area (TPSA) is 52.6 Å². The number of nitrogens with one attached hydrogen (secondary N) is 1. The summed E-state index contributed by atoms with van der Waals surface area (Å²) in [6.45, 7) is 4.06. The zero-order valence-corrected chi connectivity index (χ0v) is 12.8.